The molecule has 0 bridgehead atoms. The zero-order valence-corrected chi connectivity index (χ0v) is 12.5. The van der Waals surface area contributed by atoms with Crippen LogP contribution < -0.4 is 5.32 Å². The van der Waals surface area contributed by atoms with E-state index in [0.717, 1.165) is 16.5 Å². The monoisotopic (exact) mass is 321 g/mol. The van der Waals surface area contributed by atoms with Gasteiger partial charge < -0.3 is 15.5 Å². The van der Waals surface area contributed by atoms with E-state index in [4.69, 9.17) is 16.7 Å². The maximum absolute atomic E-state index is 11.3. The van der Waals surface area contributed by atoms with Crippen LogP contribution in [-0.2, 0) is 10.4 Å². The number of amides is 1. The number of nitrogens with one attached hydrogen (secondary N) is 2. The predicted octanol–water partition coefficient (Wildman–Crippen LogP) is 0.921. The topological polar surface area (TPSA) is 98.2 Å². The Hall–Kier alpha value is -1.63. The molecule has 6 nitrogen and oxygen atoms in total. The van der Waals surface area contributed by atoms with Crippen LogP contribution in [0.1, 0.15) is 18.4 Å². The zero-order chi connectivity index (χ0) is 15.5. The van der Waals surface area contributed by atoms with Crippen LogP contribution in [0.15, 0.2) is 18.3 Å². The van der Waals surface area contributed by atoms with E-state index in [1.54, 1.807) is 18.3 Å². The van der Waals surface area contributed by atoms with Gasteiger partial charge in [0.2, 0.25) is 5.91 Å². The van der Waals surface area contributed by atoms with E-state index in [9.17, 15) is 9.90 Å². The molecular weight excluding hydrogens is 306 g/mol. The van der Waals surface area contributed by atoms with Gasteiger partial charge >= 0.3 is 0 Å². The number of hydrogen-bond donors (Lipinski definition) is 4. The highest BCUT2D eigenvalue weighted by Crippen LogP contribution is 2.60. The SMILES string of the molecule is O=C(CO)N[C@H]1[C@@H]2C[C@](O)(c3cc(Cl)cc4[nH]ncc34)C[C@@H]21. The second-order valence-corrected chi connectivity index (χ2v) is 6.74. The molecule has 22 heavy (non-hydrogen) atoms. The maximum atomic E-state index is 11.3. The van der Waals surface area contributed by atoms with Gasteiger partial charge in [-0.25, -0.2) is 0 Å². The van der Waals surface area contributed by atoms with Crippen LogP contribution in [-0.4, -0.2) is 39.0 Å². The molecule has 1 amide bonds. The van der Waals surface area contributed by atoms with Gasteiger partial charge in [0, 0.05) is 16.5 Å². The number of carbonyl (C=O) groups excluding carboxylic acids is 1. The van der Waals surface area contributed by atoms with Crippen LogP contribution in [0.2, 0.25) is 5.02 Å². The molecule has 1 aromatic heterocycles. The Labute approximate surface area is 131 Å². The average Bonchev–Trinajstić information content (AvgIpc) is 2.86. The van der Waals surface area contributed by atoms with Gasteiger partial charge in [0.25, 0.3) is 0 Å². The Kier molecular flexibility index (Phi) is 2.98. The van der Waals surface area contributed by atoms with Crippen LogP contribution in [0.3, 0.4) is 0 Å². The molecule has 0 aliphatic heterocycles. The summed E-state index contributed by atoms with van der Waals surface area (Å²) in [5.74, 6) is 0.144. The van der Waals surface area contributed by atoms with Crippen LogP contribution >= 0.6 is 11.6 Å². The Bertz CT molecular complexity index is 748. The van der Waals surface area contributed by atoms with Crippen molar-refractivity contribution in [2.75, 3.05) is 6.61 Å². The van der Waals surface area contributed by atoms with E-state index in [-0.39, 0.29) is 23.8 Å². The highest BCUT2D eigenvalue weighted by Gasteiger charge is 2.62. The molecule has 4 rings (SSSR count). The minimum atomic E-state index is -0.942. The summed E-state index contributed by atoms with van der Waals surface area (Å²) in [5, 5.41) is 31.0. The van der Waals surface area contributed by atoms with Gasteiger partial charge in [0.05, 0.1) is 17.3 Å². The van der Waals surface area contributed by atoms with Crippen molar-refractivity contribution in [2.24, 2.45) is 11.8 Å². The van der Waals surface area contributed by atoms with Crippen LogP contribution in [0.4, 0.5) is 0 Å². The van der Waals surface area contributed by atoms with Crippen molar-refractivity contribution in [3.63, 3.8) is 0 Å². The molecule has 1 aromatic carbocycles. The van der Waals surface area contributed by atoms with E-state index in [1.807, 2.05) is 0 Å². The zero-order valence-electron chi connectivity index (χ0n) is 11.7. The van der Waals surface area contributed by atoms with Gasteiger partial charge in [-0.05, 0) is 42.4 Å². The molecule has 4 N–H and O–H groups in total. The number of carbonyl (C=O) groups is 1. The molecule has 2 aliphatic carbocycles. The van der Waals surface area contributed by atoms with Crippen LogP contribution in [0.25, 0.3) is 10.9 Å². The lowest BCUT2D eigenvalue weighted by Gasteiger charge is -2.27. The highest BCUT2D eigenvalue weighted by atomic mass is 35.5. The fourth-order valence-electron chi connectivity index (χ4n) is 3.93. The van der Waals surface area contributed by atoms with E-state index in [0.29, 0.717) is 17.9 Å². The summed E-state index contributed by atoms with van der Waals surface area (Å²) in [4.78, 5) is 11.3. The molecular formula is C15H16ClN3O3. The average molecular weight is 322 g/mol. The molecule has 7 heteroatoms. The van der Waals surface area contributed by atoms with Gasteiger partial charge in [-0.3, -0.25) is 9.89 Å². The van der Waals surface area contributed by atoms with Gasteiger partial charge in [-0.1, -0.05) is 11.6 Å². The lowest BCUT2D eigenvalue weighted by molar-refractivity contribution is -0.124. The first kappa shape index (κ1) is 14.0. The molecule has 0 unspecified atom stereocenters. The summed E-state index contributed by atoms with van der Waals surface area (Å²) in [6.45, 7) is -0.496. The van der Waals surface area contributed by atoms with Crippen LogP contribution in [0, 0.1) is 11.8 Å². The third kappa shape index (κ3) is 2.02. The number of aliphatic hydroxyl groups excluding tert-OH is 1. The number of halogens is 1. The smallest absolute Gasteiger partial charge is 0.245 e. The molecule has 2 saturated carbocycles. The molecule has 2 fully saturated rings. The fourth-order valence-corrected chi connectivity index (χ4v) is 4.15. The van der Waals surface area contributed by atoms with E-state index in [2.05, 4.69) is 15.5 Å². The molecule has 2 aromatic rings. The molecule has 1 heterocycles. The fraction of sp³-hybridized carbons (Fsp3) is 0.467. The normalized spacial score (nSPS) is 33.0. The predicted molar refractivity (Wildman–Crippen MR) is 80.2 cm³/mol. The summed E-state index contributed by atoms with van der Waals surface area (Å²) >= 11 is 6.14. The first-order valence-electron chi connectivity index (χ1n) is 7.27. The lowest BCUT2D eigenvalue weighted by Crippen LogP contribution is -2.34. The van der Waals surface area contributed by atoms with E-state index < -0.39 is 12.2 Å². The van der Waals surface area contributed by atoms with Crippen LogP contribution in [0.5, 0.6) is 0 Å². The van der Waals surface area contributed by atoms with Crippen molar-refractivity contribution in [1.82, 2.24) is 15.5 Å². The number of aromatic nitrogens is 2. The quantitative estimate of drug-likeness (QED) is 0.675. The van der Waals surface area contributed by atoms with Gasteiger partial charge in [-0.2, -0.15) is 5.10 Å². The molecule has 0 radical (unpaired) electrons. The van der Waals surface area contributed by atoms with Crippen molar-refractivity contribution in [1.29, 1.82) is 0 Å². The third-order valence-corrected chi connectivity index (χ3v) is 5.19. The lowest BCUT2D eigenvalue weighted by atomic mass is 9.86. The summed E-state index contributed by atoms with van der Waals surface area (Å²) in [6, 6.07) is 3.65. The Balaban J connectivity index is 1.60. The number of rotatable bonds is 3. The third-order valence-electron chi connectivity index (χ3n) is 4.97. The maximum Gasteiger partial charge on any atom is 0.245 e. The Morgan fingerprint density at radius 3 is 2.86 bits per heavy atom. The van der Waals surface area contributed by atoms with Crippen molar-refractivity contribution >= 4 is 28.4 Å². The second-order valence-electron chi connectivity index (χ2n) is 6.30. The number of hydrogen-bond acceptors (Lipinski definition) is 4. The van der Waals surface area contributed by atoms with Gasteiger partial charge in [0.1, 0.15) is 6.61 Å². The molecule has 0 spiro atoms. The number of benzene rings is 1. The Morgan fingerprint density at radius 2 is 2.18 bits per heavy atom. The van der Waals surface area contributed by atoms with Crippen molar-refractivity contribution in [3.05, 3.63) is 28.9 Å². The number of nitrogens with zero attached hydrogens (tertiary/aromatic N) is 1. The second kappa shape index (κ2) is 4.68. The highest BCUT2D eigenvalue weighted by molar-refractivity contribution is 6.31. The Morgan fingerprint density at radius 1 is 1.45 bits per heavy atom. The summed E-state index contributed by atoms with van der Waals surface area (Å²) in [6.07, 6.45) is 2.86. The number of fused-ring (bicyclic) bond motifs is 2. The largest absolute Gasteiger partial charge is 0.387 e. The van der Waals surface area contributed by atoms with Crippen molar-refractivity contribution < 1.29 is 15.0 Å². The number of H-pyrrole nitrogens is 1. The summed E-state index contributed by atoms with van der Waals surface area (Å²) < 4.78 is 0. The molecule has 0 saturated heterocycles. The minimum Gasteiger partial charge on any atom is -0.387 e. The minimum absolute atomic E-state index is 0.0685. The first-order valence-corrected chi connectivity index (χ1v) is 7.65. The number of aliphatic hydroxyl groups is 2. The first-order chi connectivity index (χ1) is 10.5. The molecule has 116 valence electrons. The van der Waals surface area contributed by atoms with E-state index in [1.165, 1.54) is 0 Å². The van der Waals surface area contributed by atoms with Crippen molar-refractivity contribution in [2.45, 2.75) is 24.5 Å². The summed E-state index contributed by atoms with van der Waals surface area (Å²) in [5.41, 5.74) is 0.660. The van der Waals surface area contributed by atoms with Crippen molar-refractivity contribution in [3.8, 4) is 0 Å². The molecule has 4 atom stereocenters. The van der Waals surface area contributed by atoms with Gasteiger partial charge in [0.15, 0.2) is 0 Å². The van der Waals surface area contributed by atoms with Gasteiger partial charge in [-0.15, -0.1) is 0 Å². The standard InChI is InChI=1S/C15H16ClN3O3/c16-7-1-11(10-5-17-19-12(10)2-7)15(22)3-8-9(4-15)14(8)18-13(21)6-20/h1-2,5,8-9,14,20,22H,3-4,6H2,(H,17,19)(H,18,21)/t8-,9+,14+,15-. The number of aromatic amines is 1. The molecule has 2 aliphatic rings. The summed E-state index contributed by atoms with van der Waals surface area (Å²) in [7, 11) is 0. The van der Waals surface area contributed by atoms with E-state index >= 15 is 0 Å².